The Morgan fingerprint density at radius 3 is 2.57 bits per heavy atom. The zero-order valence-electron chi connectivity index (χ0n) is 10.9. The molecule has 0 fully saturated rings. The van der Waals surface area contributed by atoms with Crippen molar-refractivity contribution in [2.45, 2.75) is 4.90 Å². The minimum absolute atomic E-state index is 0.0603. The number of aromatic nitrogens is 1. The normalized spacial score (nSPS) is 11.1. The lowest BCUT2D eigenvalue weighted by Crippen LogP contribution is -2.27. The largest absolute Gasteiger partial charge is 0.478 e. The summed E-state index contributed by atoms with van der Waals surface area (Å²) in [5.41, 5.74) is 0.0310. The molecule has 110 valence electrons. The predicted molar refractivity (Wildman–Crippen MR) is 78.2 cm³/mol. The topological polar surface area (TPSA) is 87.6 Å². The molecule has 0 radical (unpaired) electrons. The molecule has 1 aromatic heterocycles. The van der Waals surface area contributed by atoms with Gasteiger partial charge in [-0.1, -0.05) is 23.7 Å². The molecule has 0 aliphatic heterocycles. The molecule has 0 saturated heterocycles. The Morgan fingerprint density at radius 1 is 1.29 bits per heavy atom. The number of carboxylic acids is 1. The first kappa shape index (κ1) is 15.3. The molecule has 0 aliphatic carbocycles. The van der Waals surface area contributed by atoms with Crippen LogP contribution >= 0.6 is 11.6 Å². The van der Waals surface area contributed by atoms with Crippen molar-refractivity contribution in [2.24, 2.45) is 0 Å². The maximum atomic E-state index is 12.5. The van der Waals surface area contributed by atoms with Crippen molar-refractivity contribution in [1.29, 1.82) is 0 Å². The van der Waals surface area contributed by atoms with Crippen molar-refractivity contribution in [2.75, 3.05) is 11.4 Å². The molecule has 1 aromatic carbocycles. The number of carboxylic acid groups (broad SMARTS) is 1. The van der Waals surface area contributed by atoms with Crippen molar-refractivity contribution in [1.82, 2.24) is 4.98 Å². The lowest BCUT2D eigenvalue weighted by Gasteiger charge is -2.20. The molecule has 21 heavy (non-hydrogen) atoms. The Kier molecular flexibility index (Phi) is 4.15. The van der Waals surface area contributed by atoms with Crippen molar-refractivity contribution in [3.63, 3.8) is 0 Å². The van der Waals surface area contributed by atoms with Gasteiger partial charge in [-0.25, -0.2) is 13.2 Å². The number of aromatic carboxylic acids is 1. The van der Waals surface area contributed by atoms with E-state index in [0.717, 1.165) is 10.5 Å². The molecule has 2 aromatic rings. The van der Waals surface area contributed by atoms with Crippen LogP contribution < -0.4 is 4.31 Å². The maximum absolute atomic E-state index is 12.5. The smallest absolute Gasteiger partial charge is 0.337 e. The second-order valence-electron chi connectivity index (χ2n) is 4.14. The molecule has 0 atom stereocenters. The Morgan fingerprint density at radius 2 is 1.95 bits per heavy atom. The highest BCUT2D eigenvalue weighted by molar-refractivity contribution is 7.93. The van der Waals surface area contributed by atoms with Gasteiger partial charge in [-0.2, -0.15) is 0 Å². The Balaban J connectivity index is 2.48. The number of nitrogens with zero attached hydrogens (tertiary/aromatic N) is 2. The highest BCUT2D eigenvalue weighted by Crippen LogP contribution is 2.27. The molecular formula is C13H11ClN2O4S. The number of hydrogen-bond acceptors (Lipinski definition) is 4. The highest BCUT2D eigenvalue weighted by Gasteiger charge is 2.24. The van der Waals surface area contributed by atoms with Crippen LogP contribution in [0.25, 0.3) is 0 Å². The van der Waals surface area contributed by atoms with E-state index in [-0.39, 0.29) is 21.2 Å². The number of halogens is 1. The van der Waals surface area contributed by atoms with E-state index in [4.69, 9.17) is 16.7 Å². The van der Waals surface area contributed by atoms with Crippen LogP contribution in [0.2, 0.25) is 5.02 Å². The number of rotatable bonds is 4. The quantitative estimate of drug-likeness (QED) is 0.931. The van der Waals surface area contributed by atoms with Gasteiger partial charge in [0, 0.05) is 13.2 Å². The number of benzene rings is 1. The van der Waals surface area contributed by atoms with E-state index in [1.807, 2.05) is 0 Å². The molecule has 1 heterocycles. The third-order valence-electron chi connectivity index (χ3n) is 2.81. The molecule has 0 bridgehead atoms. The van der Waals surface area contributed by atoms with Crippen LogP contribution in [0.3, 0.4) is 0 Å². The zero-order chi connectivity index (χ0) is 15.6. The monoisotopic (exact) mass is 326 g/mol. The van der Waals surface area contributed by atoms with Crippen LogP contribution in [0.15, 0.2) is 47.6 Å². The van der Waals surface area contributed by atoms with Crippen LogP contribution in [0, 0.1) is 0 Å². The summed E-state index contributed by atoms with van der Waals surface area (Å²) in [6.07, 6.45) is 2.41. The lowest BCUT2D eigenvalue weighted by molar-refractivity contribution is 0.0696. The van der Waals surface area contributed by atoms with E-state index in [9.17, 15) is 13.2 Å². The van der Waals surface area contributed by atoms with E-state index in [2.05, 4.69) is 4.98 Å². The van der Waals surface area contributed by atoms with E-state index < -0.39 is 16.0 Å². The van der Waals surface area contributed by atoms with E-state index in [1.54, 1.807) is 12.1 Å². The van der Waals surface area contributed by atoms with Gasteiger partial charge in [0.25, 0.3) is 10.0 Å². The fraction of sp³-hybridized carbons (Fsp3) is 0.0769. The highest BCUT2D eigenvalue weighted by atomic mass is 35.5. The lowest BCUT2D eigenvalue weighted by atomic mass is 10.3. The molecule has 1 N–H and O–H groups in total. The number of hydrogen-bond donors (Lipinski definition) is 1. The first-order chi connectivity index (χ1) is 9.84. The minimum Gasteiger partial charge on any atom is -0.478 e. The van der Waals surface area contributed by atoms with Gasteiger partial charge in [0.15, 0.2) is 0 Å². The average molecular weight is 327 g/mol. The third-order valence-corrected chi connectivity index (χ3v) is 5.09. The summed E-state index contributed by atoms with van der Waals surface area (Å²) in [5, 5.41) is 9.02. The number of sulfonamides is 1. The second kappa shape index (κ2) is 5.71. The molecule has 6 nitrogen and oxygen atoms in total. The fourth-order valence-electron chi connectivity index (χ4n) is 1.66. The van der Waals surface area contributed by atoms with Gasteiger partial charge in [0.05, 0.1) is 22.5 Å². The summed E-state index contributed by atoms with van der Waals surface area (Å²) < 4.78 is 25.9. The molecular weight excluding hydrogens is 316 g/mol. The third kappa shape index (κ3) is 2.98. The van der Waals surface area contributed by atoms with Gasteiger partial charge in [-0.05, 0) is 18.2 Å². The van der Waals surface area contributed by atoms with Crippen LogP contribution in [0.4, 0.5) is 5.69 Å². The van der Waals surface area contributed by atoms with E-state index in [1.165, 1.54) is 31.4 Å². The van der Waals surface area contributed by atoms with Crippen molar-refractivity contribution in [3.8, 4) is 0 Å². The maximum Gasteiger partial charge on any atom is 0.337 e. The van der Waals surface area contributed by atoms with Gasteiger partial charge in [-0.3, -0.25) is 9.29 Å². The average Bonchev–Trinajstić information content (AvgIpc) is 2.46. The van der Waals surface area contributed by atoms with Gasteiger partial charge >= 0.3 is 5.97 Å². The SMILES string of the molecule is CN(c1cncc(C(=O)O)c1)S(=O)(=O)c1ccccc1Cl. The van der Waals surface area contributed by atoms with Gasteiger partial charge in [-0.15, -0.1) is 0 Å². The summed E-state index contributed by atoms with van der Waals surface area (Å²) in [4.78, 5) is 14.6. The predicted octanol–water partition coefficient (Wildman–Crippen LogP) is 2.26. The summed E-state index contributed by atoms with van der Waals surface area (Å²) >= 11 is 5.91. The molecule has 0 aliphatic rings. The molecule has 0 amide bonds. The van der Waals surface area contributed by atoms with Crippen LogP contribution in [-0.2, 0) is 10.0 Å². The first-order valence-electron chi connectivity index (χ1n) is 5.76. The minimum atomic E-state index is -3.90. The molecule has 8 heteroatoms. The molecule has 0 unspecified atom stereocenters. The zero-order valence-corrected chi connectivity index (χ0v) is 12.5. The molecule has 2 rings (SSSR count). The van der Waals surface area contributed by atoms with Crippen molar-refractivity contribution >= 4 is 33.3 Å². The first-order valence-corrected chi connectivity index (χ1v) is 7.57. The molecule has 0 saturated carbocycles. The van der Waals surface area contributed by atoms with Crippen LogP contribution in [-0.4, -0.2) is 31.5 Å². The van der Waals surface area contributed by atoms with Crippen molar-refractivity contribution < 1.29 is 18.3 Å². The fourth-order valence-corrected chi connectivity index (χ4v) is 3.32. The van der Waals surface area contributed by atoms with Crippen LogP contribution in [0.5, 0.6) is 0 Å². The number of anilines is 1. The van der Waals surface area contributed by atoms with Crippen molar-refractivity contribution in [3.05, 3.63) is 53.3 Å². The Labute approximate surface area is 126 Å². The number of carbonyl (C=O) groups is 1. The van der Waals surface area contributed by atoms with Gasteiger partial charge in [0.2, 0.25) is 0 Å². The van der Waals surface area contributed by atoms with E-state index in [0.29, 0.717) is 0 Å². The second-order valence-corrected chi connectivity index (χ2v) is 6.48. The summed E-state index contributed by atoms with van der Waals surface area (Å²) in [6.45, 7) is 0. The van der Waals surface area contributed by atoms with Crippen LogP contribution in [0.1, 0.15) is 10.4 Å². The van der Waals surface area contributed by atoms with Gasteiger partial charge < -0.3 is 5.11 Å². The molecule has 0 spiro atoms. The summed E-state index contributed by atoms with van der Waals surface area (Å²) in [7, 11) is -2.59. The Hall–Kier alpha value is -2.12. The van der Waals surface area contributed by atoms with E-state index >= 15 is 0 Å². The standard InChI is InChI=1S/C13H11ClN2O4S/c1-16(10-6-9(13(17)18)7-15-8-10)21(19,20)12-5-3-2-4-11(12)14/h2-8H,1H3,(H,17,18). The van der Waals surface area contributed by atoms with Gasteiger partial charge in [0.1, 0.15) is 4.90 Å². The summed E-state index contributed by atoms with van der Waals surface area (Å²) in [5.74, 6) is -1.19. The summed E-state index contributed by atoms with van der Waals surface area (Å²) in [6, 6.07) is 7.24. The Bertz CT molecular complexity index is 792. The number of pyridine rings is 1.